The lowest BCUT2D eigenvalue weighted by Crippen LogP contribution is -2.03. The van der Waals surface area contributed by atoms with Crippen LogP contribution in [0.3, 0.4) is 0 Å². The second-order valence-corrected chi connectivity index (χ2v) is 3.07. The number of aliphatic carboxylic acids is 1. The lowest BCUT2D eigenvalue weighted by Gasteiger charge is -2.06. The van der Waals surface area contributed by atoms with Crippen molar-refractivity contribution in [1.82, 2.24) is 0 Å². The quantitative estimate of drug-likeness (QED) is 0.542. The van der Waals surface area contributed by atoms with E-state index in [1.54, 1.807) is 12.1 Å². The second kappa shape index (κ2) is 3.84. The third-order valence-corrected chi connectivity index (χ3v) is 2.02. The van der Waals surface area contributed by atoms with Crippen molar-refractivity contribution in [1.29, 1.82) is 0 Å². The molecule has 0 saturated heterocycles. The third kappa shape index (κ3) is 2.05. The van der Waals surface area contributed by atoms with Crippen LogP contribution in [0.1, 0.15) is 16.7 Å². The Balaban J connectivity index is 3.18. The highest BCUT2D eigenvalue weighted by molar-refractivity contribution is 5.71. The van der Waals surface area contributed by atoms with Gasteiger partial charge in [0.15, 0.2) is 0 Å². The standard InChI is InChI=1S/C11H11NO2/c1-3-9-4-8(6-11(13)14)5-10(12)7(9)2/h1,4-5H,6,12H2,2H3,(H,13,14). The number of hydrogen-bond donors (Lipinski definition) is 2. The number of anilines is 1. The minimum atomic E-state index is -0.892. The molecule has 72 valence electrons. The smallest absolute Gasteiger partial charge is 0.307 e. The van der Waals surface area contributed by atoms with E-state index in [0.717, 1.165) is 5.56 Å². The molecule has 0 heterocycles. The Hall–Kier alpha value is -1.95. The number of carboxylic acid groups (broad SMARTS) is 1. The Labute approximate surface area is 82.6 Å². The number of terminal acetylenes is 1. The van der Waals surface area contributed by atoms with E-state index in [1.807, 2.05) is 6.92 Å². The summed E-state index contributed by atoms with van der Waals surface area (Å²) in [5.74, 6) is 1.58. The van der Waals surface area contributed by atoms with Crippen molar-refractivity contribution >= 4 is 11.7 Å². The molecule has 0 bridgehead atoms. The summed E-state index contributed by atoms with van der Waals surface area (Å²) in [5.41, 5.74) is 8.33. The predicted molar refractivity (Wildman–Crippen MR) is 54.9 cm³/mol. The molecule has 0 fully saturated rings. The van der Waals surface area contributed by atoms with E-state index in [1.165, 1.54) is 0 Å². The molecule has 1 aromatic rings. The van der Waals surface area contributed by atoms with Gasteiger partial charge in [-0.05, 0) is 30.2 Å². The number of benzene rings is 1. The third-order valence-electron chi connectivity index (χ3n) is 2.02. The first-order valence-corrected chi connectivity index (χ1v) is 4.12. The molecule has 0 radical (unpaired) electrons. The molecule has 0 spiro atoms. The van der Waals surface area contributed by atoms with Crippen LogP contribution in [0.5, 0.6) is 0 Å². The zero-order valence-electron chi connectivity index (χ0n) is 7.87. The van der Waals surface area contributed by atoms with Crippen LogP contribution < -0.4 is 5.73 Å². The minimum absolute atomic E-state index is 0.0564. The Morgan fingerprint density at radius 3 is 2.79 bits per heavy atom. The number of nitrogen functional groups attached to an aromatic ring is 1. The minimum Gasteiger partial charge on any atom is -0.481 e. The number of rotatable bonds is 2. The molecule has 0 aliphatic heterocycles. The number of carboxylic acids is 1. The summed E-state index contributed by atoms with van der Waals surface area (Å²) < 4.78 is 0. The van der Waals surface area contributed by atoms with Crippen molar-refractivity contribution < 1.29 is 9.90 Å². The summed E-state index contributed by atoms with van der Waals surface area (Å²) >= 11 is 0. The van der Waals surface area contributed by atoms with Crippen molar-refractivity contribution in [2.24, 2.45) is 0 Å². The first kappa shape index (κ1) is 10.1. The Morgan fingerprint density at radius 2 is 2.29 bits per heavy atom. The van der Waals surface area contributed by atoms with Gasteiger partial charge in [-0.25, -0.2) is 0 Å². The normalized spacial score (nSPS) is 9.43. The van der Waals surface area contributed by atoms with Crippen LogP contribution in [0.4, 0.5) is 5.69 Å². The largest absolute Gasteiger partial charge is 0.481 e. The van der Waals surface area contributed by atoms with E-state index >= 15 is 0 Å². The Morgan fingerprint density at radius 1 is 1.64 bits per heavy atom. The van der Waals surface area contributed by atoms with Gasteiger partial charge >= 0.3 is 5.97 Å². The van der Waals surface area contributed by atoms with E-state index in [9.17, 15) is 4.79 Å². The molecular weight excluding hydrogens is 178 g/mol. The maximum atomic E-state index is 10.5. The summed E-state index contributed by atoms with van der Waals surface area (Å²) in [6, 6.07) is 3.32. The molecule has 0 amide bonds. The maximum absolute atomic E-state index is 10.5. The van der Waals surface area contributed by atoms with Gasteiger partial charge in [0.2, 0.25) is 0 Å². The van der Waals surface area contributed by atoms with Crippen molar-refractivity contribution in [3.8, 4) is 12.3 Å². The van der Waals surface area contributed by atoms with Crippen molar-refractivity contribution in [2.45, 2.75) is 13.3 Å². The van der Waals surface area contributed by atoms with Crippen LogP contribution >= 0.6 is 0 Å². The fourth-order valence-corrected chi connectivity index (χ4v) is 1.23. The molecule has 3 heteroatoms. The molecule has 1 rings (SSSR count). The summed E-state index contributed by atoms with van der Waals surface area (Å²) in [6.45, 7) is 1.81. The van der Waals surface area contributed by atoms with E-state index in [0.29, 0.717) is 16.8 Å². The lowest BCUT2D eigenvalue weighted by molar-refractivity contribution is -0.136. The van der Waals surface area contributed by atoms with Gasteiger partial charge in [0.1, 0.15) is 0 Å². The van der Waals surface area contributed by atoms with Crippen LogP contribution in [-0.4, -0.2) is 11.1 Å². The molecule has 0 saturated carbocycles. The summed E-state index contributed by atoms with van der Waals surface area (Å²) in [7, 11) is 0. The molecular formula is C11H11NO2. The van der Waals surface area contributed by atoms with Crippen LogP contribution in [0, 0.1) is 19.3 Å². The monoisotopic (exact) mass is 189 g/mol. The van der Waals surface area contributed by atoms with Gasteiger partial charge in [-0.15, -0.1) is 6.42 Å². The predicted octanol–water partition coefficient (Wildman–Crippen LogP) is 1.19. The molecule has 0 atom stereocenters. The van der Waals surface area contributed by atoms with Gasteiger partial charge in [0.05, 0.1) is 6.42 Å². The van der Waals surface area contributed by atoms with E-state index in [4.69, 9.17) is 17.3 Å². The molecule has 0 unspecified atom stereocenters. The highest BCUT2D eigenvalue weighted by Gasteiger charge is 2.06. The fraction of sp³-hybridized carbons (Fsp3) is 0.182. The van der Waals surface area contributed by atoms with Crippen molar-refractivity contribution in [3.05, 3.63) is 28.8 Å². The van der Waals surface area contributed by atoms with Crippen LogP contribution in [0.15, 0.2) is 12.1 Å². The van der Waals surface area contributed by atoms with E-state index in [2.05, 4.69) is 5.92 Å². The van der Waals surface area contributed by atoms with Gasteiger partial charge in [0.25, 0.3) is 0 Å². The summed E-state index contributed by atoms with van der Waals surface area (Å²) in [6.07, 6.45) is 5.21. The first-order chi connectivity index (χ1) is 6.54. The molecule has 3 N–H and O–H groups in total. The summed E-state index contributed by atoms with van der Waals surface area (Å²) in [5, 5.41) is 8.60. The fourth-order valence-electron chi connectivity index (χ4n) is 1.23. The van der Waals surface area contributed by atoms with Crippen molar-refractivity contribution in [3.63, 3.8) is 0 Å². The SMILES string of the molecule is C#Cc1cc(CC(=O)O)cc(N)c1C. The lowest BCUT2D eigenvalue weighted by atomic mass is 10.0. The van der Waals surface area contributed by atoms with Crippen LogP contribution in [0.2, 0.25) is 0 Å². The average Bonchev–Trinajstić information content (AvgIpc) is 2.10. The second-order valence-electron chi connectivity index (χ2n) is 3.07. The van der Waals surface area contributed by atoms with Crippen molar-refractivity contribution in [2.75, 3.05) is 5.73 Å². The number of nitrogens with two attached hydrogens (primary N) is 1. The van der Waals surface area contributed by atoms with Gasteiger partial charge in [0, 0.05) is 11.3 Å². The molecule has 0 aliphatic rings. The maximum Gasteiger partial charge on any atom is 0.307 e. The zero-order chi connectivity index (χ0) is 10.7. The van der Waals surface area contributed by atoms with Gasteiger partial charge in [-0.1, -0.05) is 5.92 Å². The summed E-state index contributed by atoms with van der Waals surface area (Å²) in [4.78, 5) is 10.5. The van der Waals surface area contributed by atoms with E-state index in [-0.39, 0.29) is 6.42 Å². The number of carbonyl (C=O) groups is 1. The molecule has 0 aromatic heterocycles. The Kier molecular flexibility index (Phi) is 2.78. The zero-order valence-corrected chi connectivity index (χ0v) is 7.87. The Bertz CT molecular complexity index is 416. The molecule has 1 aromatic carbocycles. The topological polar surface area (TPSA) is 63.3 Å². The van der Waals surface area contributed by atoms with E-state index < -0.39 is 5.97 Å². The van der Waals surface area contributed by atoms with Gasteiger partial charge < -0.3 is 10.8 Å². The molecule has 14 heavy (non-hydrogen) atoms. The number of hydrogen-bond acceptors (Lipinski definition) is 2. The molecule has 0 aliphatic carbocycles. The van der Waals surface area contributed by atoms with Gasteiger partial charge in [-0.2, -0.15) is 0 Å². The average molecular weight is 189 g/mol. The van der Waals surface area contributed by atoms with Gasteiger partial charge in [-0.3, -0.25) is 4.79 Å². The highest BCUT2D eigenvalue weighted by Crippen LogP contribution is 2.18. The first-order valence-electron chi connectivity index (χ1n) is 4.12. The molecule has 3 nitrogen and oxygen atoms in total. The van der Waals surface area contributed by atoms with Crippen LogP contribution in [0.25, 0.3) is 0 Å². The van der Waals surface area contributed by atoms with Crippen LogP contribution in [-0.2, 0) is 11.2 Å². The highest BCUT2D eigenvalue weighted by atomic mass is 16.4.